The molecule has 0 saturated carbocycles. The third kappa shape index (κ3) is 5.54. The van der Waals surface area contributed by atoms with Gasteiger partial charge in [0.25, 0.3) is 0 Å². The van der Waals surface area contributed by atoms with Gasteiger partial charge in [0, 0.05) is 46.2 Å². The molecule has 0 atom stereocenters. The molecule has 2 fully saturated rings. The Bertz CT molecular complexity index is 592. The zero-order chi connectivity index (χ0) is 19.1. The Morgan fingerprint density at radius 3 is 2.52 bits per heavy atom. The monoisotopic (exact) mass is 374 g/mol. The van der Waals surface area contributed by atoms with Crippen molar-refractivity contribution in [3.63, 3.8) is 0 Å². The highest BCUT2D eigenvalue weighted by Gasteiger charge is 2.26. The van der Waals surface area contributed by atoms with Gasteiger partial charge in [-0.2, -0.15) is 0 Å². The molecule has 7 nitrogen and oxygen atoms in total. The van der Waals surface area contributed by atoms with Crippen molar-refractivity contribution < 1.29 is 4.79 Å². The third-order valence-electron chi connectivity index (χ3n) is 5.73. The summed E-state index contributed by atoms with van der Waals surface area (Å²) in [5.41, 5.74) is 1.06. The molecule has 1 amide bonds. The zero-order valence-corrected chi connectivity index (χ0v) is 16.9. The minimum absolute atomic E-state index is 0.123. The number of amides is 1. The third-order valence-corrected chi connectivity index (χ3v) is 5.73. The van der Waals surface area contributed by atoms with Gasteiger partial charge in [-0.15, -0.1) is 0 Å². The molecule has 2 aliphatic rings. The Labute approximate surface area is 163 Å². The van der Waals surface area contributed by atoms with Crippen LogP contribution in [0.25, 0.3) is 0 Å². The molecule has 0 radical (unpaired) electrons. The topological polar surface area (TPSA) is 64.6 Å². The first-order chi connectivity index (χ1) is 13.1. The lowest BCUT2D eigenvalue weighted by Gasteiger charge is -2.34. The van der Waals surface area contributed by atoms with E-state index in [1.54, 1.807) is 6.33 Å². The van der Waals surface area contributed by atoms with E-state index in [0.717, 1.165) is 50.5 Å². The predicted octanol–water partition coefficient (Wildman–Crippen LogP) is 1.75. The van der Waals surface area contributed by atoms with Crippen LogP contribution >= 0.6 is 0 Å². The molecule has 150 valence electrons. The fraction of sp³-hybridized carbons (Fsp3) is 0.750. The van der Waals surface area contributed by atoms with Crippen LogP contribution in [0.3, 0.4) is 0 Å². The van der Waals surface area contributed by atoms with Crippen LogP contribution in [0.2, 0.25) is 0 Å². The maximum atomic E-state index is 12.5. The van der Waals surface area contributed by atoms with Gasteiger partial charge >= 0.3 is 0 Å². The Kier molecular flexibility index (Phi) is 7.26. The number of hydrogen-bond acceptors (Lipinski definition) is 6. The van der Waals surface area contributed by atoms with Crippen LogP contribution in [0.15, 0.2) is 12.5 Å². The van der Waals surface area contributed by atoms with Crippen molar-refractivity contribution in [2.45, 2.75) is 38.5 Å². The van der Waals surface area contributed by atoms with Crippen LogP contribution in [-0.4, -0.2) is 74.1 Å². The van der Waals surface area contributed by atoms with Crippen LogP contribution in [-0.2, 0) is 4.79 Å². The van der Waals surface area contributed by atoms with Crippen LogP contribution < -0.4 is 15.1 Å². The van der Waals surface area contributed by atoms with Crippen LogP contribution in [0, 0.1) is 5.92 Å². The Hall–Kier alpha value is -1.89. The molecule has 1 aromatic rings. The molecule has 2 saturated heterocycles. The van der Waals surface area contributed by atoms with Gasteiger partial charge in [-0.3, -0.25) is 4.79 Å². The number of anilines is 2. The normalized spacial score (nSPS) is 19.6. The van der Waals surface area contributed by atoms with Crippen molar-refractivity contribution in [3.05, 3.63) is 12.5 Å². The Balaban J connectivity index is 1.43. The summed E-state index contributed by atoms with van der Waals surface area (Å²) >= 11 is 0. The molecule has 1 N–H and O–H groups in total. The van der Waals surface area contributed by atoms with Gasteiger partial charge < -0.3 is 20.0 Å². The van der Waals surface area contributed by atoms with E-state index in [1.807, 2.05) is 25.2 Å². The van der Waals surface area contributed by atoms with Gasteiger partial charge in [-0.25, -0.2) is 9.97 Å². The van der Waals surface area contributed by atoms with Crippen LogP contribution in [0.1, 0.15) is 38.5 Å². The number of carbonyl (C=O) groups is 1. The first-order valence-corrected chi connectivity index (χ1v) is 10.4. The molecule has 27 heavy (non-hydrogen) atoms. The Morgan fingerprint density at radius 1 is 1.15 bits per heavy atom. The van der Waals surface area contributed by atoms with E-state index in [1.165, 1.54) is 38.8 Å². The SMILES string of the molecule is CN(C)c1ncncc1N1CCC(C(=O)NCCN2CCCCCC2)CC1. The molecule has 0 spiro atoms. The number of carbonyl (C=O) groups excluding carboxylic acids is 1. The van der Waals surface area contributed by atoms with E-state index >= 15 is 0 Å². The summed E-state index contributed by atoms with van der Waals surface area (Å²) in [4.78, 5) is 27.9. The maximum absolute atomic E-state index is 12.5. The molecule has 7 heteroatoms. The summed E-state index contributed by atoms with van der Waals surface area (Å²) in [6.07, 6.45) is 10.5. The van der Waals surface area contributed by atoms with Crippen LogP contribution in [0.5, 0.6) is 0 Å². The van der Waals surface area contributed by atoms with Gasteiger partial charge in [-0.1, -0.05) is 12.8 Å². The second-order valence-corrected chi connectivity index (χ2v) is 7.93. The second kappa shape index (κ2) is 9.88. The quantitative estimate of drug-likeness (QED) is 0.818. The lowest BCUT2D eigenvalue weighted by Crippen LogP contribution is -2.43. The molecule has 0 aliphatic carbocycles. The predicted molar refractivity (Wildman–Crippen MR) is 109 cm³/mol. The van der Waals surface area contributed by atoms with Crippen molar-refractivity contribution in [1.29, 1.82) is 0 Å². The molecule has 0 bridgehead atoms. The Morgan fingerprint density at radius 2 is 1.85 bits per heavy atom. The number of hydrogen-bond donors (Lipinski definition) is 1. The zero-order valence-electron chi connectivity index (χ0n) is 16.9. The van der Waals surface area contributed by atoms with Gasteiger partial charge in [-0.05, 0) is 38.8 Å². The number of rotatable bonds is 6. The first kappa shape index (κ1) is 19.9. The van der Waals surface area contributed by atoms with Crippen molar-refractivity contribution in [1.82, 2.24) is 20.2 Å². The average molecular weight is 375 g/mol. The van der Waals surface area contributed by atoms with E-state index in [-0.39, 0.29) is 11.8 Å². The number of aromatic nitrogens is 2. The van der Waals surface area contributed by atoms with Gasteiger partial charge in [0.15, 0.2) is 5.82 Å². The standard InChI is InChI=1S/C20H34N6O/c1-24(2)19-18(15-21-16-23-19)26-12-7-17(8-13-26)20(27)22-9-14-25-10-5-3-4-6-11-25/h15-17H,3-14H2,1-2H3,(H,22,27). The van der Waals surface area contributed by atoms with E-state index in [4.69, 9.17) is 0 Å². The molecule has 0 unspecified atom stereocenters. The summed E-state index contributed by atoms with van der Waals surface area (Å²) in [5.74, 6) is 1.28. The van der Waals surface area contributed by atoms with E-state index in [9.17, 15) is 4.79 Å². The lowest BCUT2D eigenvalue weighted by molar-refractivity contribution is -0.125. The molecule has 3 heterocycles. The second-order valence-electron chi connectivity index (χ2n) is 7.93. The summed E-state index contributed by atoms with van der Waals surface area (Å²) in [6.45, 7) is 5.87. The highest BCUT2D eigenvalue weighted by Crippen LogP contribution is 2.28. The molecular weight excluding hydrogens is 340 g/mol. The van der Waals surface area contributed by atoms with Crippen molar-refractivity contribution in [2.75, 3.05) is 63.2 Å². The minimum atomic E-state index is 0.123. The summed E-state index contributed by atoms with van der Waals surface area (Å²) < 4.78 is 0. The smallest absolute Gasteiger partial charge is 0.223 e. The summed E-state index contributed by atoms with van der Waals surface area (Å²) in [7, 11) is 3.99. The highest BCUT2D eigenvalue weighted by molar-refractivity contribution is 5.79. The van der Waals surface area contributed by atoms with E-state index in [0.29, 0.717) is 0 Å². The van der Waals surface area contributed by atoms with Gasteiger partial charge in [0.1, 0.15) is 6.33 Å². The molecule has 3 rings (SSSR count). The van der Waals surface area contributed by atoms with E-state index in [2.05, 4.69) is 25.1 Å². The number of nitrogens with zero attached hydrogens (tertiary/aromatic N) is 5. The van der Waals surface area contributed by atoms with Gasteiger partial charge in [0.2, 0.25) is 5.91 Å². The van der Waals surface area contributed by atoms with Crippen LogP contribution in [0.4, 0.5) is 11.5 Å². The highest BCUT2D eigenvalue weighted by atomic mass is 16.1. The van der Waals surface area contributed by atoms with Crippen molar-refractivity contribution in [2.24, 2.45) is 5.92 Å². The number of likely N-dealkylation sites (tertiary alicyclic amines) is 1. The first-order valence-electron chi connectivity index (χ1n) is 10.4. The largest absolute Gasteiger partial charge is 0.367 e. The van der Waals surface area contributed by atoms with E-state index < -0.39 is 0 Å². The summed E-state index contributed by atoms with van der Waals surface area (Å²) in [6, 6.07) is 0. The minimum Gasteiger partial charge on any atom is -0.367 e. The number of piperidine rings is 1. The maximum Gasteiger partial charge on any atom is 0.223 e. The molecule has 2 aliphatic heterocycles. The fourth-order valence-corrected chi connectivity index (χ4v) is 4.11. The number of nitrogens with one attached hydrogen (secondary N) is 1. The molecule has 0 aromatic carbocycles. The van der Waals surface area contributed by atoms with Crippen molar-refractivity contribution >= 4 is 17.4 Å². The summed E-state index contributed by atoms with van der Waals surface area (Å²) in [5, 5.41) is 3.17. The van der Waals surface area contributed by atoms with Crippen molar-refractivity contribution in [3.8, 4) is 0 Å². The fourth-order valence-electron chi connectivity index (χ4n) is 4.11. The molecule has 1 aromatic heterocycles. The molecular formula is C20H34N6O. The lowest BCUT2D eigenvalue weighted by atomic mass is 9.95. The average Bonchev–Trinajstić information content (AvgIpc) is 2.97. The van der Waals surface area contributed by atoms with Gasteiger partial charge in [0.05, 0.1) is 11.9 Å².